The summed E-state index contributed by atoms with van der Waals surface area (Å²) in [6.07, 6.45) is 0. The largest absolute Gasteiger partial charge is 0.395 e. The summed E-state index contributed by atoms with van der Waals surface area (Å²) in [4.78, 5) is 2.32. The summed E-state index contributed by atoms with van der Waals surface area (Å²) in [5, 5.41) is 12.8. The number of nitrogens with one attached hydrogen (secondary N) is 1. The fraction of sp³-hybridized carbons (Fsp3) is 0.538. The summed E-state index contributed by atoms with van der Waals surface area (Å²) in [5.41, 5.74) is 1.24. The van der Waals surface area contributed by atoms with E-state index in [1.54, 1.807) is 0 Å². The Hall–Kier alpha value is -0.580. The summed E-state index contributed by atoms with van der Waals surface area (Å²) >= 11 is 3.45. The third-order valence-corrected chi connectivity index (χ3v) is 3.56. The standard InChI is InChI=1S/C13H19BrN2O/c1-13(2)9-16(7-11(8-17)15-13)12-5-3-10(14)4-6-12/h3-6,11,15,17H,7-9H2,1-2H3. The Kier molecular flexibility index (Phi) is 3.76. The molecule has 0 bridgehead atoms. The number of nitrogens with zero attached hydrogens (tertiary/aromatic N) is 1. The highest BCUT2D eigenvalue weighted by molar-refractivity contribution is 9.10. The second-order valence-corrected chi connectivity index (χ2v) is 6.18. The number of rotatable bonds is 2. The molecule has 3 nitrogen and oxygen atoms in total. The predicted molar refractivity (Wildman–Crippen MR) is 74.4 cm³/mol. The number of aliphatic hydroxyl groups excluding tert-OH is 1. The van der Waals surface area contributed by atoms with Gasteiger partial charge in [-0.25, -0.2) is 0 Å². The quantitative estimate of drug-likeness (QED) is 0.877. The van der Waals surface area contributed by atoms with Crippen molar-refractivity contribution < 1.29 is 5.11 Å². The van der Waals surface area contributed by atoms with E-state index in [1.165, 1.54) is 5.69 Å². The van der Waals surface area contributed by atoms with Crippen LogP contribution in [0.15, 0.2) is 28.7 Å². The van der Waals surface area contributed by atoms with E-state index in [1.807, 2.05) is 0 Å². The minimum Gasteiger partial charge on any atom is -0.395 e. The Morgan fingerprint density at radius 3 is 2.65 bits per heavy atom. The fourth-order valence-corrected chi connectivity index (χ4v) is 2.67. The molecule has 2 N–H and O–H groups in total. The van der Waals surface area contributed by atoms with Gasteiger partial charge in [-0.05, 0) is 38.1 Å². The molecule has 1 atom stereocenters. The summed E-state index contributed by atoms with van der Waals surface area (Å²) in [6, 6.07) is 8.47. The smallest absolute Gasteiger partial charge is 0.0602 e. The van der Waals surface area contributed by atoms with Crippen LogP contribution in [0.3, 0.4) is 0 Å². The van der Waals surface area contributed by atoms with Crippen LogP contribution in [0.5, 0.6) is 0 Å². The van der Waals surface area contributed by atoms with Gasteiger partial charge in [0.15, 0.2) is 0 Å². The van der Waals surface area contributed by atoms with E-state index in [-0.39, 0.29) is 18.2 Å². The van der Waals surface area contributed by atoms with Crippen molar-refractivity contribution in [1.29, 1.82) is 0 Å². The zero-order chi connectivity index (χ0) is 12.5. The van der Waals surface area contributed by atoms with Gasteiger partial charge >= 0.3 is 0 Å². The van der Waals surface area contributed by atoms with Crippen molar-refractivity contribution in [3.05, 3.63) is 28.7 Å². The van der Waals surface area contributed by atoms with Gasteiger partial charge in [-0.1, -0.05) is 15.9 Å². The van der Waals surface area contributed by atoms with Gasteiger partial charge in [-0.3, -0.25) is 0 Å². The number of hydrogen-bond acceptors (Lipinski definition) is 3. The van der Waals surface area contributed by atoms with Crippen LogP contribution in [-0.4, -0.2) is 36.4 Å². The van der Waals surface area contributed by atoms with Gasteiger partial charge in [0.2, 0.25) is 0 Å². The number of aliphatic hydroxyl groups is 1. The van der Waals surface area contributed by atoms with E-state index in [2.05, 4.69) is 64.3 Å². The van der Waals surface area contributed by atoms with Crippen LogP contribution < -0.4 is 10.2 Å². The van der Waals surface area contributed by atoms with Gasteiger partial charge in [-0.15, -0.1) is 0 Å². The van der Waals surface area contributed by atoms with E-state index in [4.69, 9.17) is 0 Å². The predicted octanol–water partition coefficient (Wildman–Crippen LogP) is 2.00. The Balaban J connectivity index is 2.17. The minimum absolute atomic E-state index is 0.0265. The SMILES string of the molecule is CC1(C)CN(c2ccc(Br)cc2)CC(CO)N1. The van der Waals surface area contributed by atoms with Crippen molar-refractivity contribution in [2.45, 2.75) is 25.4 Å². The zero-order valence-electron chi connectivity index (χ0n) is 10.3. The number of hydrogen-bond donors (Lipinski definition) is 2. The molecule has 1 unspecified atom stereocenters. The van der Waals surface area contributed by atoms with Gasteiger partial charge in [0.25, 0.3) is 0 Å². The van der Waals surface area contributed by atoms with Crippen molar-refractivity contribution in [2.75, 3.05) is 24.6 Å². The van der Waals surface area contributed by atoms with Crippen molar-refractivity contribution in [2.24, 2.45) is 0 Å². The topological polar surface area (TPSA) is 35.5 Å². The molecular formula is C13H19BrN2O. The number of piperazine rings is 1. The molecule has 17 heavy (non-hydrogen) atoms. The lowest BCUT2D eigenvalue weighted by Crippen LogP contribution is -2.63. The molecule has 0 aromatic heterocycles. The van der Waals surface area contributed by atoms with Gasteiger partial charge in [-0.2, -0.15) is 0 Å². The maximum absolute atomic E-state index is 9.34. The van der Waals surface area contributed by atoms with Gasteiger partial charge < -0.3 is 15.3 Å². The van der Waals surface area contributed by atoms with Gasteiger partial charge in [0.1, 0.15) is 0 Å². The molecular weight excluding hydrogens is 280 g/mol. The maximum atomic E-state index is 9.34. The average molecular weight is 299 g/mol. The van der Waals surface area contributed by atoms with Crippen LogP contribution in [0, 0.1) is 0 Å². The lowest BCUT2D eigenvalue weighted by molar-refractivity contribution is 0.191. The van der Waals surface area contributed by atoms with E-state index in [0.717, 1.165) is 17.6 Å². The summed E-state index contributed by atoms with van der Waals surface area (Å²) in [6.45, 7) is 6.31. The lowest BCUT2D eigenvalue weighted by Gasteiger charge is -2.44. The van der Waals surface area contributed by atoms with Crippen molar-refractivity contribution >= 4 is 21.6 Å². The number of halogens is 1. The van der Waals surface area contributed by atoms with Crippen molar-refractivity contribution in [3.8, 4) is 0 Å². The molecule has 1 aliphatic heterocycles. The second-order valence-electron chi connectivity index (χ2n) is 5.26. The Labute approximate surface area is 111 Å². The van der Waals surface area contributed by atoms with E-state index >= 15 is 0 Å². The van der Waals surface area contributed by atoms with E-state index in [0.29, 0.717) is 0 Å². The first-order valence-electron chi connectivity index (χ1n) is 5.89. The van der Waals surface area contributed by atoms with Crippen molar-refractivity contribution in [1.82, 2.24) is 5.32 Å². The number of anilines is 1. The molecule has 2 rings (SSSR count). The van der Waals surface area contributed by atoms with Crippen LogP contribution in [0.1, 0.15) is 13.8 Å². The normalized spacial score (nSPS) is 23.8. The molecule has 0 aliphatic carbocycles. The Morgan fingerprint density at radius 2 is 2.06 bits per heavy atom. The first-order valence-corrected chi connectivity index (χ1v) is 6.68. The Bertz CT molecular complexity index is 378. The highest BCUT2D eigenvalue weighted by Gasteiger charge is 2.31. The molecule has 0 spiro atoms. The summed E-state index contributed by atoms with van der Waals surface area (Å²) in [7, 11) is 0. The molecule has 1 aliphatic rings. The third kappa shape index (κ3) is 3.21. The molecule has 4 heteroatoms. The van der Waals surface area contributed by atoms with E-state index < -0.39 is 0 Å². The highest BCUT2D eigenvalue weighted by atomic mass is 79.9. The monoisotopic (exact) mass is 298 g/mol. The molecule has 1 aromatic rings. The molecule has 0 amide bonds. The van der Waals surface area contributed by atoms with Crippen molar-refractivity contribution in [3.63, 3.8) is 0 Å². The highest BCUT2D eigenvalue weighted by Crippen LogP contribution is 2.23. The first kappa shape index (κ1) is 12.9. The van der Waals surface area contributed by atoms with Gasteiger partial charge in [0.05, 0.1) is 6.61 Å². The summed E-state index contributed by atoms with van der Waals surface area (Å²) in [5.74, 6) is 0. The maximum Gasteiger partial charge on any atom is 0.0602 e. The second kappa shape index (κ2) is 4.96. The fourth-order valence-electron chi connectivity index (χ4n) is 2.40. The van der Waals surface area contributed by atoms with Crippen LogP contribution in [-0.2, 0) is 0 Å². The first-order chi connectivity index (χ1) is 8.00. The molecule has 1 saturated heterocycles. The number of benzene rings is 1. The lowest BCUT2D eigenvalue weighted by atomic mass is 9.98. The average Bonchev–Trinajstić information content (AvgIpc) is 2.27. The zero-order valence-corrected chi connectivity index (χ0v) is 11.9. The van der Waals surface area contributed by atoms with E-state index in [9.17, 15) is 5.11 Å². The molecule has 1 aromatic carbocycles. The van der Waals surface area contributed by atoms with Crippen LogP contribution in [0.2, 0.25) is 0 Å². The molecule has 1 fully saturated rings. The third-order valence-electron chi connectivity index (χ3n) is 3.03. The molecule has 0 saturated carbocycles. The molecule has 0 radical (unpaired) electrons. The van der Waals surface area contributed by atoms with Crippen LogP contribution >= 0.6 is 15.9 Å². The Morgan fingerprint density at radius 1 is 1.41 bits per heavy atom. The molecule has 94 valence electrons. The van der Waals surface area contributed by atoms with Gasteiger partial charge in [0, 0.05) is 34.8 Å². The summed E-state index contributed by atoms with van der Waals surface area (Å²) < 4.78 is 1.09. The van der Waals surface area contributed by atoms with Crippen LogP contribution in [0.25, 0.3) is 0 Å². The van der Waals surface area contributed by atoms with Crippen LogP contribution in [0.4, 0.5) is 5.69 Å². The molecule has 1 heterocycles. The minimum atomic E-state index is 0.0265.